The molecule has 1 saturated heterocycles. The number of nitrogens with one attached hydrogen (secondary N) is 2. The quantitative estimate of drug-likeness (QED) is 0.252. The van der Waals surface area contributed by atoms with Crippen molar-refractivity contribution in [3.8, 4) is 0 Å². The maximum atomic E-state index is 11.7. The second-order valence-corrected chi connectivity index (χ2v) is 5.12. The zero-order chi connectivity index (χ0) is 15.5. The van der Waals surface area contributed by atoms with Gasteiger partial charge in [-0.05, 0) is 13.3 Å². The molecule has 0 aromatic heterocycles. The van der Waals surface area contributed by atoms with E-state index in [1.165, 1.54) is 0 Å². The fourth-order valence-corrected chi connectivity index (χ4v) is 2.17. The van der Waals surface area contributed by atoms with Crippen molar-refractivity contribution in [1.29, 1.82) is 0 Å². The van der Waals surface area contributed by atoms with E-state index in [1.54, 1.807) is 7.11 Å². The Hall–Kier alpha value is -0.610. The van der Waals surface area contributed by atoms with Gasteiger partial charge in [0.1, 0.15) is 6.54 Å². The van der Waals surface area contributed by atoms with Crippen LogP contribution in [0.3, 0.4) is 0 Å². The number of rotatable bonds is 8. The minimum atomic E-state index is -0.0972. The fraction of sp³-hybridized carbons (Fsp3) is 0.857. The van der Waals surface area contributed by atoms with Crippen molar-refractivity contribution >= 4 is 35.8 Å². The maximum Gasteiger partial charge on any atom is 0.241 e. The highest BCUT2D eigenvalue weighted by molar-refractivity contribution is 14.0. The molecule has 0 radical (unpaired) electrons. The summed E-state index contributed by atoms with van der Waals surface area (Å²) in [6.45, 7) is 6.47. The van der Waals surface area contributed by atoms with Crippen LogP contribution < -0.4 is 10.6 Å². The number of hydrogen-bond donors (Lipinski definition) is 2. The van der Waals surface area contributed by atoms with Crippen LogP contribution in [0, 0.1) is 5.92 Å². The Morgan fingerprint density at radius 3 is 2.82 bits per heavy atom. The molecule has 1 aliphatic rings. The molecule has 0 aromatic rings. The molecule has 1 heterocycles. The molecule has 8 heteroatoms. The topological polar surface area (TPSA) is 75.2 Å². The highest BCUT2D eigenvalue weighted by Gasteiger charge is 2.19. The monoisotopic (exact) mass is 428 g/mol. The molecule has 22 heavy (non-hydrogen) atoms. The number of nitrogens with zero attached hydrogens (tertiary/aromatic N) is 2. The van der Waals surface area contributed by atoms with Gasteiger partial charge in [0.05, 0.1) is 13.2 Å². The molecule has 0 saturated carbocycles. The summed E-state index contributed by atoms with van der Waals surface area (Å²) in [6.07, 6.45) is 1.08. The van der Waals surface area contributed by atoms with Crippen molar-refractivity contribution in [2.75, 3.05) is 60.2 Å². The van der Waals surface area contributed by atoms with Crippen LogP contribution in [-0.4, -0.2) is 76.9 Å². The van der Waals surface area contributed by atoms with Crippen molar-refractivity contribution in [3.05, 3.63) is 0 Å². The molecule has 1 unspecified atom stereocenters. The first-order valence-corrected chi connectivity index (χ1v) is 7.50. The van der Waals surface area contributed by atoms with E-state index in [4.69, 9.17) is 9.47 Å². The van der Waals surface area contributed by atoms with Gasteiger partial charge in [0.15, 0.2) is 5.96 Å². The third-order valence-electron chi connectivity index (χ3n) is 3.25. The Balaban J connectivity index is 0.00000441. The number of ether oxygens (including phenoxy) is 2. The molecule has 0 spiro atoms. The zero-order valence-electron chi connectivity index (χ0n) is 13.8. The van der Waals surface area contributed by atoms with Crippen LogP contribution in [0.25, 0.3) is 0 Å². The number of halogens is 1. The minimum absolute atomic E-state index is 0. The van der Waals surface area contributed by atoms with Crippen LogP contribution in [-0.2, 0) is 14.3 Å². The lowest BCUT2D eigenvalue weighted by atomic mass is 10.1. The van der Waals surface area contributed by atoms with Crippen LogP contribution in [0.1, 0.15) is 13.3 Å². The predicted molar refractivity (Wildman–Crippen MR) is 97.8 cm³/mol. The number of guanidine groups is 1. The summed E-state index contributed by atoms with van der Waals surface area (Å²) in [5.41, 5.74) is 0. The van der Waals surface area contributed by atoms with Gasteiger partial charge in [-0.1, -0.05) is 0 Å². The standard InChI is InChI=1S/C14H28N4O3.HI/c1-4-15-14(17-9-13(19)16-6-8-20-3)18(2)10-12-5-7-21-11-12;/h12H,4-11H2,1-3H3,(H,15,17)(H,16,19);1H. The fourth-order valence-electron chi connectivity index (χ4n) is 2.17. The Kier molecular flexibility index (Phi) is 12.5. The van der Waals surface area contributed by atoms with Crippen LogP contribution >= 0.6 is 24.0 Å². The SMILES string of the molecule is CCNC(=NCC(=O)NCCOC)N(C)CC1CCOC1.I. The minimum Gasteiger partial charge on any atom is -0.383 e. The van der Waals surface area contributed by atoms with Gasteiger partial charge in [-0.2, -0.15) is 0 Å². The van der Waals surface area contributed by atoms with Gasteiger partial charge in [-0.15, -0.1) is 24.0 Å². The molecular formula is C14H29IN4O3. The first kappa shape index (κ1) is 21.4. The molecule has 0 bridgehead atoms. The van der Waals surface area contributed by atoms with Crippen molar-refractivity contribution in [2.45, 2.75) is 13.3 Å². The number of methoxy groups -OCH3 is 1. The van der Waals surface area contributed by atoms with E-state index in [-0.39, 0.29) is 36.4 Å². The summed E-state index contributed by atoms with van der Waals surface area (Å²) in [7, 11) is 3.60. The molecular weight excluding hydrogens is 399 g/mol. The van der Waals surface area contributed by atoms with E-state index in [1.807, 2.05) is 14.0 Å². The highest BCUT2D eigenvalue weighted by atomic mass is 127. The number of aliphatic imine (C=N–C) groups is 1. The molecule has 2 N–H and O–H groups in total. The van der Waals surface area contributed by atoms with E-state index in [0.29, 0.717) is 19.1 Å². The van der Waals surface area contributed by atoms with Gasteiger partial charge in [0.25, 0.3) is 0 Å². The number of carbonyl (C=O) groups excluding carboxylic acids is 1. The third-order valence-corrected chi connectivity index (χ3v) is 3.25. The maximum absolute atomic E-state index is 11.7. The zero-order valence-corrected chi connectivity index (χ0v) is 16.1. The van der Waals surface area contributed by atoms with Gasteiger partial charge < -0.3 is 25.0 Å². The second kappa shape index (κ2) is 12.9. The van der Waals surface area contributed by atoms with E-state index in [2.05, 4.69) is 20.5 Å². The Morgan fingerprint density at radius 1 is 1.45 bits per heavy atom. The molecule has 1 fully saturated rings. The lowest BCUT2D eigenvalue weighted by molar-refractivity contribution is -0.119. The predicted octanol–water partition coefficient (Wildman–Crippen LogP) is 0.301. The summed E-state index contributed by atoms with van der Waals surface area (Å²) < 4.78 is 10.3. The second-order valence-electron chi connectivity index (χ2n) is 5.12. The van der Waals surface area contributed by atoms with Crippen LogP contribution in [0.15, 0.2) is 4.99 Å². The van der Waals surface area contributed by atoms with Crippen molar-refractivity contribution in [3.63, 3.8) is 0 Å². The van der Waals surface area contributed by atoms with E-state index in [0.717, 1.165) is 38.7 Å². The summed E-state index contributed by atoms with van der Waals surface area (Å²) in [6, 6.07) is 0. The summed E-state index contributed by atoms with van der Waals surface area (Å²) in [5.74, 6) is 1.20. The molecule has 0 aromatic carbocycles. The van der Waals surface area contributed by atoms with Crippen LogP contribution in [0.4, 0.5) is 0 Å². The number of hydrogen-bond acceptors (Lipinski definition) is 4. The first-order valence-electron chi connectivity index (χ1n) is 7.50. The lowest BCUT2D eigenvalue weighted by Crippen LogP contribution is -2.42. The average molecular weight is 428 g/mol. The largest absolute Gasteiger partial charge is 0.383 e. The lowest BCUT2D eigenvalue weighted by Gasteiger charge is -2.24. The third kappa shape index (κ3) is 8.74. The molecule has 1 amide bonds. The van der Waals surface area contributed by atoms with Crippen molar-refractivity contribution in [1.82, 2.24) is 15.5 Å². The van der Waals surface area contributed by atoms with Crippen LogP contribution in [0.2, 0.25) is 0 Å². The van der Waals surface area contributed by atoms with Gasteiger partial charge >= 0.3 is 0 Å². The Labute approximate surface area is 150 Å². The van der Waals surface area contributed by atoms with Gasteiger partial charge in [-0.25, -0.2) is 4.99 Å². The smallest absolute Gasteiger partial charge is 0.241 e. The van der Waals surface area contributed by atoms with Crippen molar-refractivity contribution in [2.24, 2.45) is 10.9 Å². The molecule has 7 nitrogen and oxygen atoms in total. The van der Waals surface area contributed by atoms with E-state index in [9.17, 15) is 4.79 Å². The van der Waals surface area contributed by atoms with E-state index < -0.39 is 0 Å². The molecule has 130 valence electrons. The van der Waals surface area contributed by atoms with Gasteiger partial charge in [0, 0.05) is 46.3 Å². The number of amides is 1. The normalized spacial score (nSPS) is 17.8. The molecule has 1 rings (SSSR count). The first-order chi connectivity index (χ1) is 10.2. The Morgan fingerprint density at radius 2 is 2.23 bits per heavy atom. The molecule has 1 atom stereocenters. The van der Waals surface area contributed by atoms with Gasteiger partial charge in [-0.3, -0.25) is 4.79 Å². The van der Waals surface area contributed by atoms with E-state index >= 15 is 0 Å². The molecule has 1 aliphatic heterocycles. The van der Waals surface area contributed by atoms with Crippen molar-refractivity contribution < 1.29 is 14.3 Å². The summed E-state index contributed by atoms with van der Waals surface area (Å²) in [4.78, 5) is 18.1. The Bertz CT molecular complexity index is 336. The average Bonchev–Trinajstić information content (AvgIpc) is 2.96. The summed E-state index contributed by atoms with van der Waals surface area (Å²) >= 11 is 0. The summed E-state index contributed by atoms with van der Waals surface area (Å²) in [5, 5.41) is 5.97. The molecule has 0 aliphatic carbocycles. The number of carbonyl (C=O) groups is 1. The van der Waals surface area contributed by atoms with Gasteiger partial charge in [0.2, 0.25) is 5.91 Å². The van der Waals surface area contributed by atoms with Crippen LogP contribution in [0.5, 0.6) is 0 Å². The highest BCUT2D eigenvalue weighted by Crippen LogP contribution is 2.13.